The average molecular weight is 455 g/mol. The van der Waals surface area contributed by atoms with Crippen molar-refractivity contribution in [1.82, 2.24) is 15.2 Å². The van der Waals surface area contributed by atoms with Gasteiger partial charge >= 0.3 is 0 Å². The number of nitro groups is 1. The molecule has 1 heterocycles. The number of anilines is 1. The third-order valence-corrected chi connectivity index (χ3v) is 5.21. The Hall–Kier alpha value is -3.86. The molecule has 166 valence electrons. The van der Waals surface area contributed by atoms with Crippen LogP contribution in [-0.4, -0.2) is 46.0 Å². The number of aromatic nitrogens is 3. The Morgan fingerprint density at radius 1 is 1.19 bits per heavy atom. The van der Waals surface area contributed by atoms with Crippen LogP contribution in [0.5, 0.6) is 11.5 Å². The molecule has 0 saturated carbocycles. The van der Waals surface area contributed by atoms with Crippen molar-refractivity contribution in [3.63, 3.8) is 0 Å². The van der Waals surface area contributed by atoms with Gasteiger partial charge in [0.15, 0.2) is 11.5 Å². The molecule has 32 heavy (non-hydrogen) atoms. The summed E-state index contributed by atoms with van der Waals surface area (Å²) in [6.07, 6.45) is 3.60. The summed E-state index contributed by atoms with van der Waals surface area (Å²) in [6.45, 7) is 1.76. The molecule has 2 aromatic carbocycles. The quantitative estimate of drug-likeness (QED) is 0.282. The number of nitro benzene ring substituents is 1. The van der Waals surface area contributed by atoms with E-state index >= 15 is 0 Å². The van der Waals surface area contributed by atoms with Gasteiger partial charge in [-0.15, -0.1) is 5.10 Å². The van der Waals surface area contributed by atoms with E-state index in [1.165, 1.54) is 12.1 Å². The number of H-pyrrole nitrogens is 1. The topological polar surface area (TPSA) is 132 Å². The molecule has 0 saturated heterocycles. The van der Waals surface area contributed by atoms with Crippen LogP contribution in [0.2, 0.25) is 0 Å². The second-order valence-electron chi connectivity index (χ2n) is 6.54. The molecule has 3 rings (SSSR count). The van der Waals surface area contributed by atoms with E-state index in [0.29, 0.717) is 28.2 Å². The van der Waals surface area contributed by atoms with Crippen LogP contribution < -0.4 is 14.8 Å². The molecule has 0 aliphatic rings. The minimum Gasteiger partial charge on any atom is -0.493 e. The van der Waals surface area contributed by atoms with E-state index in [1.54, 1.807) is 33.3 Å². The third-order valence-electron chi connectivity index (χ3n) is 4.36. The van der Waals surface area contributed by atoms with Gasteiger partial charge in [0.2, 0.25) is 11.1 Å². The van der Waals surface area contributed by atoms with Gasteiger partial charge in [-0.05, 0) is 36.3 Å². The van der Waals surface area contributed by atoms with Crippen molar-refractivity contribution in [2.24, 2.45) is 0 Å². The maximum absolute atomic E-state index is 12.2. The van der Waals surface area contributed by atoms with Gasteiger partial charge in [-0.1, -0.05) is 30.0 Å². The summed E-state index contributed by atoms with van der Waals surface area (Å²) in [5.41, 5.74) is 1.94. The van der Waals surface area contributed by atoms with Gasteiger partial charge in [0.05, 0.1) is 30.6 Å². The highest BCUT2D eigenvalue weighted by molar-refractivity contribution is 7.99. The molecule has 0 unspecified atom stereocenters. The molecular weight excluding hydrogens is 434 g/mol. The van der Waals surface area contributed by atoms with Gasteiger partial charge in [-0.3, -0.25) is 20.0 Å². The molecule has 2 N–H and O–H groups in total. The number of carbonyl (C=O) groups is 1. The number of rotatable bonds is 9. The van der Waals surface area contributed by atoms with Crippen molar-refractivity contribution in [2.45, 2.75) is 12.1 Å². The highest BCUT2D eigenvalue weighted by atomic mass is 32.2. The lowest BCUT2D eigenvalue weighted by Crippen LogP contribution is -2.15. The Labute approximate surface area is 188 Å². The van der Waals surface area contributed by atoms with Crippen LogP contribution in [0.15, 0.2) is 41.6 Å². The second-order valence-corrected chi connectivity index (χ2v) is 7.49. The predicted molar refractivity (Wildman–Crippen MR) is 122 cm³/mol. The van der Waals surface area contributed by atoms with Crippen LogP contribution in [0.3, 0.4) is 0 Å². The molecule has 10 nitrogen and oxygen atoms in total. The molecule has 0 aliphatic heterocycles. The minimum absolute atomic E-state index is 0.0544. The number of non-ortho nitro benzene ring substituents is 1. The number of nitrogens with one attached hydrogen (secondary N) is 2. The van der Waals surface area contributed by atoms with E-state index in [0.717, 1.165) is 22.9 Å². The van der Waals surface area contributed by atoms with Crippen LogP contribution >= 0.6 is 11.8 Å². The number of aromatic amines is 1. The lowest BCUT2D eigenvalue weighted by molar-refractivity contribution is -0.384. The number of nitrogens with zero attached hydrogens (tertiary/aromatic N) is 3. The molecule has 0 radical (unpaired) electrons. The Kier molecular flexibility index (Phi) is 7.45. The first-order chi connectivity index (χ1) is 15.4. The molecule has 0 atom stereocenters. The number of carbonyl (C=O) groups excluding carboxylic acids is 1. The monoisotopic (exact) mass is 455 g/mol. The summed E-state index contributed by atoms with van der Waals surface area (Å²) in [6, 6.07) is 9.84. The highest BCUT2D eigenvalue weighted by Crippen LogP contribution is 2.28. The standard InChI is InChI=1S/C21H21N5O5S/c1-13-4-7-15(26(28)29)11-16(13)22-20(27)12-32-21-23-19(24-25-21)9-6-14-5-8-17(30-2)18(10-14)31-3/h4-11H,12H2,1-3H3,(H,22,27)(H,23,24,25)/b9-6+. The van der Waals surface area contributed by atoms with Crippen LogP contribution in [0.1, 0.15) is 17.0 Å². The number of hydrogen-bond donors (Lipinski definition) is 2. The van der Waals surface area contributed by atoms with Gasteiger partial charge in [-0.25, -0.2) is 4.98 Å². The van der Waals surface area contributed by atoms with Crippen LogP contribution in [0.25, 0.3) is 12.2 Å². The summed E-state index contributed by atoms with van der Waals surface area (Å²) in [7, 11) is 3.15. The summed E-state index contributed by atoms with van der Waals surface area (Å²) in [5.74, 6) is 1.52. The second kappa shape index (κ2) is 10.4. The van der Waals surface area contributed by atoms with E-state index in [2.05, 4.69) is 20.5 Å². The Bertz CT molecular complexity index is 1160. The maximum Gasteiger partial charge on any atom is 0.271 e. The summed E-state index contributed by atoms with van der Waals surface area (Å²) in [5, 5.41) is 20.9. The van der Waals surface area contributed by atoms with Crippen molar-refractivity contribution in [3.8, 4) is 11.5 Å². The Balaban J connectivity index is 1.57. The van der Waals surface area contributed by atoms with Gasteiger partial charge in [0.1, 0.15) is 5.82 Å². The normalized spacial score (nSPS) is 10.8. The highest BCUT2D eigenvalue weighted by Gasteiger charge is 2.12. The van der Waals surface area contributed by atoms with Crippen LogP contribution in [0.4, 0.5) is 11.4 Å². The molecule has 0 bridgehead atoms. The van der Waals surface area contributed by atoms with Crippen molar-refractivity contribution < 1.29 is 19.2 Å². The Morgan fingerprint density at radius 3 is 2.69 bits per heavy atom. The Morgan fingerprint density at radius 2 is 1.97 bits per heavy atom. The number of hydrogen-bond acceptors (Lipinski definition) is 8. The van der Waals surface area contributed by atoms with E-state index in [-0.39, 0.29) is 17.3 Å². The number of thioether (sulfide) groups is 1. The lowest BCUT2D eigenvalue weighted by atomic mass is 10.2. The molecular formula is C21H21N5O5S. The van der Waals surface area contributed by atoms with Crippen molar-refractivity contribution in [1.29, 1.82) is 0 Å². The summed E-state index contributed by atoms with van der Waals surface area (Å²) >= 11 is 1.15. The van der Waals surface area contributed by atoms with Gasteiger partial charge < -0.3 is 14.8 Å². The first kappa shape index (κ1) is 22.8. The van der Waals surface area contributed by atoms with Gasteiger partial charge in [0, 0.05) is 12.1 Å². The fourth-order valence-electron chi connectivity index (χ4n) is 2.70. The van der Waals surface area contributed by atoms with E-state index in [1.807, 2.05) is 24.3 Å². The van der Waals surface area contributed by atoms with Crippen LogP contribution in [0, 0.1) is 17.0 Å². The van der Waals surface area contributed by atoms with Gasteiger partial charge in [-0.2, -0.15) is 0 Å². The first-order valence-corrected chi connectivity index (χ1v) is 10.4. The molecule has 1 amide bonds. The lowest BCUT2D eigenvalue weighted by Gasteiger charge is -2.07. The number of methoxy groups -OCH3 is 2. The van der Waals surface area contributed by atoms with Crippen molar-refractivity contribution in [3.05, 3.63) is 63.5 Å². The third kappa shape index (κ3) is 5.85. The zero-order valence-corrected chi connectivity index (χ0v) is 18.4. The predicted octanol–water partition coefficient (Wildman–Crippen LogP) is 3.94. The first-order valence-electron chi connectivity index (χ1n) is 9.40. The zero-order valence-electron chi connectivity index (χ0n) is 17.6. The minimum atomic E-state index is -0.505. The van der Waals surface area contributed by atoms with Crippen molar-refractivity contribution >= 4 is 41.2 Å². The number of benzene rings is 2. The number of ether oxygens (including phenoxy) is 2. The summed E-state index contributed by atoms with van der Waals surface area (Å²) < 4.78 is 10.5. The zero-order chi connectivity index (χ0) is 23.1. The van der Waals surface area contributed by atoms with E-state index in [9.17, 15) is 14.9 Å². The van der Waals surface area contributed by atoms with E-state index < -0.39 is 4.92 Å². The fraction of sp³-hybridized carbons (Fsp3) is 0.190. The summed E-state index contributed by atoms with van der Waals surface area (Å²) in [4.78, 5) is 27.0. The largest absolute Gasteiger partial charge is 0.493 e. The molecule has 11 heteroatoms. The SMILES string of the molecule is COc1ccc(/C=C/c2nc(SCC(=O)Nc3cc([N+](=O)[O-])ccc3C)n[nH]2)cc1OC. The van der Waals surface area contributed by atoms with E-state index in [4.69, 9.17) is 9.47 Å². The number of amides is 1. The molecule has 0 fully saturated rings. The average Bonchev–Trinajstić information content (AvgIpc) is 3.25. The number of aryl methyl sites for hydroxylation is 1. The molecule has 1 aromatic heterocycles. The van der Waals surface area contributed by atoms with Crippen LogP contribution in [-0.2, 0) is 4.79 Å². The van der Waals surface area contributed by atoms with Crippen molar-refractivity contribution in [2.75, 3.05) is 25.3 Å². The smallest absolute Gasteiger partial charge is 0.271 e. The molecule has 3 aromatic rings. The maximum atomic E-state index is 12.2. The fourth-order valence-corrected chi connectivity index (χ4v) is 3.31. The molecule has 0 aliphatic carbocycles. The van der Waals surface area contributed by atoms with Gasteiger partial charge in [0.25, 0.3) is 5.69 Å². The molecule has 0 spiro atoms.